The van der Waals surface area contributed by atoms with Crippen LogP contribution in [0.15, 0.2) is 42.9 Å². The van der Waals surface area contributed by atoms with E-state index in [0.29, 0.717) is 17.2 Å². The van der Waals surface area contributed by atoms with Gasteiger partial charge in [0, 0.05) is 31.1 Å². The summed E-state index contributed by atoms with van der Waals surface area (Å²) >= 11 is 0. The summed E-state index contributed by atoms with van der Waals surface area (Å²) in [6.07, 6.45) is 5.11. The van der Waals surface area contributed by atoms with E-state index in [-0.39, 0.29) is 5.41 Å². The largest absolute Gasteiger partial charge is 0.371 e. The number of nitrogens with zero attached hydrogens (tertiary/aromatic N) is 4. The Morgan fingerprint density at radius 1 is 1.09 bits per heavy atom. The second-order valence-corrected chi connectivity index (χ2v) is 6.70. The van der Waals surface area contributed by atoms with Gasteiger partial charge in [-0.1, -0.05) is 26.8 Å². The van der Waals surface area contributed by atoms with E-state index >= 15 is 0 Å². The molecule has 0 aliphatic carbocycles. The molecule has 23 heavy (non-hydrogen) atoms. The molecule has 6 nitrogen and oxygen atoms in total. The summed E-state index contributed by atoms with van der Waals surface area (Å²) in [6, 6.07) is 7.32. The van der Waals surface area contributed by atoms with Crippen molar-refractivity contribution in [1.29, 1.82) is 0 Å². The lowest BCUT2D eigenvalue weighted by atomic mass is 9.89. The Bertz CT molecular complexity index is 800. The molecule has 0 spiro atoms. The van der Waals surface area contributed by atoms with Crippen molar-refractivity contribution in [1.82, 2.24) is 24.7 Å². The van der Waals surface area contributed by atoms with Gasteiger partial charge in [-0.25, -0.2) is 4.98 Å². The number of imidazole rings is 1. The molecule has 0 saturated heterocycles. The number of hydrogen-bond acceptors (Lipinski definition) is 4. The van der Waals surface area contributed by atoms with Gasteiger partial charge in [0.1, 0.15) is 0 Å². The van der Waals surface area contributed by atoms with Crippen molar-refractivity contribution in [2.24, 2.45) is 7.05 Å². The van der Waals surface area contributed by atoms with Gasteiger partial charge in [0.2, 0.25) is 5.60 Å². The second-order valence-electron chi connectivity index (χ2n) is 6.70. The number of hydrogen-bond donors (Lipinski definition) is 2. The number of aliphatic hydroxyl groups is 1. The van der Waals surface area contributed by atoms with Crippen LogP contribution in [0.2, 0.25) is 0 Å². The molecular weight excluding hydrogens is 290 g/mol. The van der Waals surface area contributed by atoms with E-state index < -0.39 is 5.60 Å². The Morgan fingerprint density at radius 2 is 1.87 bits per heavy atom. The van der Waals surface area contributed by atoms with E-state index in [1.165, 1.54) is 0 Å². The number of aryl methyl sites for hydroxylation is 1. The van der Waals surface area contributed by atoms with Crippen molar-refractivity contribution in [3.05, 3.63) is 65.8 Å². The van der Waals surface area contributed by atoms with Crippen LogP contribution in [0.25, 0.3) is 0 Å². The topological polar surface area (TPSA) is 79.6 Å². The van der Waals surface area contributed by atoms with Crippen LogP contribution < -0.4 is 0 Å². The molecule has 120 valence electrons. The smallest absolute Gasteiger partial charge is 0.206 e. The molecule has 0 aliphatic heterocycles. The summed E-state index contributed by atoms with van der Waals surface area (Å²) in [5.74, 6) is 0.486. The maximum atomic E-state index is 11.6. The van der Waals surface area contributed by atoms with Gasteiger partial charge < -0.3 is 9.67 Å². The highest BCUT2D eigenvalue weighted by Crippen LogP contribution is 2.34. The minimum Gasteiger partial charge on any atom is -0.371 e. The number of rotatable bonds is 3. The zero-order valence-electron chi connectivity index (χ0n) is 13.8. The zero-order chi connectivity index (χ0) is 16.7. The van der Waals surface area contributed by atoms with Crippen LogP contribution in [0.1, 0.15) is 43.7 Å². The van der Waals surface area contributed by atoms with Gasteiger partial charge in [-0.15, -0.1) is 0 Å². The third kappa shape index (κ3) is 2.55. The van der Waals surface area contributed by atoms with Crippen LogP contribution in [0.3, 0.4) is 0 Å². The van der Waals surface area contributed by atoms with Gasteiger partial charge in [-0.2, -0.15) is 5.10 Å². The van der Waals surface area contributed by atoms with Crippen molar-refractivity contribution >= 4 is 0 Å². The number of aromatic amines is 1. The Kier molecular flexibility index (Phi) is 3.56. The predicted octanol–water partition coefficient (Wildman–Crippen LogP) is 2.12. The third-order valence-electron chi connectivity index (χ3n) is 3.92. The first-order chi connectivity index (χ1) is 10.8. The highest BCUT2D eigenvalue weighted by molar-refractivity contribution is 5.37. The van der Waals surface area contributed by atoms with E-state index in [9.17, 15) is 5.11 Å². The first-order valence-electron chi connectivity index (χ1n) is 7.51. The molecule has 3 rings (SSSR count). The van der Waals surface area contributed by atoms with Gasteiger partial charge in [-0.05, 0) is 18.2 Å². The summed E-state index contributed by atoms with van der Waals surface area (Å²) in [5.41, 5.74) is 0.308. The number of pyridine rings is 1. The molecule has 3 heterocycles. The van der Waals surface area contributed by atoms with Gasteiger partial charge >= 0.3 is 0 Å². The SMILES string of the molecule is Cn1ccnc1C(O)(c1ccccn1)c1cc(C(C)(C)C)n[nH]1. The van der Waals surface area contributed by atoms with E-state index in [1.807, 2.05) is 25.2 Å². The highest BCUT2D eigenvalue weighted by atomic mass is 16.3. The lowest BCUT2D eigenvalue weighted by Gasteiger charge is -2.25. The quantitative estimate of drug-likeness (QED) is 0.776. The van der Waals surface area contributed by atoms with Gasteiger partial charge in [0.15, 0.2) is 5.82 Å². The standard InChI is InChI=1S/C17H21N5O/c1-16(2,3)13-11-14(21-20-13)17(23,12-7-5-6-8-18-12)15-19-9-10-22(15)4/h5-11,23H,1-4H3,(H,20,21). The molecule has 6 heteroatoms. The molecule has 3 aromatic rings. The van der Waals surface area contributed by atoms with Crippen LogP contribution in [-0.4, -0.2) is 29.8 Å². The fraction of sp³-hybridized carbons (Fsp3) is 0.353. The zero-order valence-corrected chi connectivity index (χ0v) is 13.8. The van der Waals surface area contributed by atoms with Crippen LogP contribution >= 0.6 is 0 Å². The van der Waals surface area contributed by atoms with Crippen LogP contribution in [0, 0.1) is 0 Å². The monoisotopic (exact) mass is 311 g/mol. The summed E-state index contributed by atoms with van der Waals surface area (Å²) in [7, 11) is 1.84. The molecule has 0 bridgehead atoms. The van der Waals surface area contributed by atoms with Crippen molar-refractivity contribution in [3.63, 3.8) is 0 Å². The molecule has 0 aliphatic rings. The predicted molar refractivity (Wildman–Crippen MR) is 86.8 cm³/mol. The molecule has 2 N–H and O–H groups in total. The fourth-order valence-corrected chi connectivity index (χ4v) is 2.56. The Morgan fingerprint density at radius 3 is 2.39 bits per heavy atom. The Balaban J connectivity index is 2.21. The Hall–Kier alpha value is -2.47. The van der Waals surface area contributed by atoms with E-state index in [0.717, 1.165) is 5.69 Å². The molecular formula is C17H21N5O. The minimum atomic E-state index is -1.49. The van der Waals surface area contributed by atoms with Gasteiger partial charge in [-0.3, -0.25) is 10.1 Å². The van der Waals surface area contributed by atoms with Crippen LogP contribution in [0.5, 0.6) is 0 Å². The number of nitrogens with one attached hydrogen (secondary N) is 1. The molecule has 0 saturated carbocycles. The van der Waals surface area contributed by atoms with Gasteiger partial charge in [0.05, 0.1) is 17.1 Å². The molecule has 1 atom stereocenters. The minimum absolute atomic E-state index is 0.124. The normalized spacial score (nSPS) is 14.7. The molecule has 3 aromatic heterocycles. The second kappa shape index (κ2) is 5.31. The average molecular weight is 311 g/mol. The first-order valence-corrected chi connectivity index (χ1v) is 7.51. The van der Waals surface area contributed by atoms with Gasteiger partial charge in [0.25, 0.3) is 0 Å². The summed E-state index contributed by atoms with van der Waals surface area (Å²) in [6.45, 7) is 6.23. The van der Waals surface area contributed by atoms with E-state index in [4.69, 9.17) is 0 Å². The van der Waals surface area contributed by atoms with E-state index in [2.05, 4.69) is 40.9 Å². The summed E-state index contributed by atoms with van der Waals surface area (Å²) in [5, 5.41) is 18.9. The van der Waals surface area contributed by atoms with Crippen molar-refractivity contribution < 1.29 is 5.11 Å². The van der Waals surface area contributed by atoms with Crippen molar-refractivity contribution in [2.75, 3.05) is 0 Å². The molecule has 0 radical (unpaired) electrons. The average Bonchev–Trinajstić information content (AvgIpc) is 3.16. The van der Waals surface area contributed by atoms with Crippen molar-refractivity contribution in [2.45, 2.75) is 31.8 Å². The molecule has 0 aromatic carbocycles. The highest BCUT2D eigenvalue weighted by Gasteiger charge is 2.41. The third-order valence-corrected chi connectivity index (χ3v) is 3.92. The summed E-state index contributed by atoms with van der Waals surface area (Å²) in [4.78, 5) is 8.68. The Labute approximate surface area is 135 Å². The lowest BCUT2D eigenvalue weighted by molar-refractivity contribution is 0.103. The van der Waals surface area contributed by atoms with E-state index in [1.54, 1.807) is 29.2 Å². The maximum absolute atomic E-state index is 11.6. The van der Waals surface area contributed by atoms with Crippen LogP contribution in [0.4, 0.5) is 0 Å². The molecule has 0 amide bonds. The number of aromatic nitrogens is 5. The van der Waals surface area contributed by atoms with Crippen LogP contribution in [-0.2, 0) is 18.1 Å². The van der Waals surface area contributed by atoms with Crippen molar-refractivity contribution in [3.8, 4) is 0 Å². The number of H-pyrrole nitrogens is 1. The first kappa shape index (κ1) is 15.4. The summed E-state index contributed by atoms with van der Waals surface area (Å²) < 4.78 is 1.78. The lowest BCUT2D eigenvalue weighted by Crippen LogP contribution is -2.33. The fourth-order valence-electron chi connectivity index (χ4n) is 2.56. The molecule has 1 unspecified atom stereocenters. The maximum Gasteiger partial charge on any atom is 0.206 e. The molecule has 0 fully saturated rings.